The summed E-state index contributed by atoms with van der Waals surface area (Å²) in [6.07, 6.45) is 46.0. The lowest BCUT2D eigenvalue weighted by Crippen LogP contribution is -2.30. The quantitative estimate of drug-likeness (QED) is 0.0222. The van der Waals surface area contributed by atoms with E-state index in [0.29, 0.717) is 25.7 Å². The van der Waals surface area contributed by atoms with Crippen LogP contribution in [0.1, 0.15) is 357 Å². The first kappa shape index (κ1) is 88.1. The highest BCUT2D eigenvalue weighted by Crippen LogP contribution is 2.45. The van der Waals surface area contributed by atoms with Gasteiger partial charge in [-0.2, -0.15) is 0 Å². The van der Waals surface area contributed by atoms with E-state index in [2.05, 4.69) is 48.5 Å². The zero-order valence-electron chi connectivity index (χ0n) is 58.6. The molecule has 0 heterocycles. The fourth-order valence-corrected chi connectivity index (χ4v) is 12.3. The summed E-state index contributed by atoms with van der Waals surface area (Å²) in [4.78, 5) is 72.4. The topological polar surface area (TPSA) is 237 Å². The first-order valence-electron chi connectivity index (χ1n) is 36.8. The van der Waals surface area contributed by atoms with Crippen molar-refractivity contribution in [3.63, 3.8) is 0 Å². The van der Waals surface area contributed by atoms with Crippen LogP contribution in [0.3, 0.4) is 0 Å². The van der Waals surface area contributed by atoms with Crippen LogP contribution in [-0.2, 0) is 65.4 Å². The van der Waals surface area contributed by atoms with Crippen molar-refractivity contribution in [2.45, 2.75) is 375 Å². The summed E-state index contributed by atoms with van der Waals surface area (Å²) in [6, 6.07) is 0. The molecule has 0 aromatic carbocycles. The predicted molar refractivity (Wildman–Crippen MR) is 363 cm³/mol. The molecular weight excluding hydrogens is 1190 g/mol. The number of esters is 4. The molecular formula is C71H138O17P2. The van der Waals surface area contributed by atoms with Crippen LogP contribution in [0.2, 0.25) is 0 Å². The Hall–Kier alpha value is -1.94. The molecule has 3 N–H and O–H groups in total. The molecule has 90 heavy (non-hydrogen) atoms. The van der Waals surface area contributed by atoms with Crippen LogP contribution in [0.25, 0.3) is 0 Å². The summed E-state index contributed by atoms with van der Waals surface area (Å²) in [7, 11) is -9.90. The van der Waals surface area contributed by atoms with E-state index in [-0.39, 0.29) is 25.7 Å². The highest BCUT2D eigenvalue weighted by molar-refractivity contribution is 7.47. The summed E-state index contributed by atoms with van der Waals surface area (Å²) in [5.41, 5.74) is 0. The number of phosphoric ester groups is 2. The minimum atomic E-state index is -4.95. The van der Waals surface area contributed by atoms with Gasteiger partial charge in [0.2, 0.25) is 0 Å². The largest absolute Gasteiger partial charge is 0.472 e. The van der Waals surface area contributed by atoms with E-state index in [4.69, 9.17) is 37.0 Å². The van der Waals surface area contributed by atoms with E-state index < -0.39 is 97.5 Å². The molecule has 0 rings (SSSR count). The fourth-order valence-electron chi connectivity index (χ4n) is 10.7. The van der Waals surface area contributed by atoms with Crippen molar-refractivity contribution < 1.29 is 80.2 Å². The van der Waals surface area contributed by atoms with Gasteiger partial charge in [-0.15, -0.1) is 0 Å². The Morgan fingerprint density at radius 3 is 0.756 bits per heavy atom. The second-order valence-corrected chi connectivity index (χ2v) is 30.0. The molecule has 0 spiro atoms. The number of rotatable bonds is 69. The Morgan fingerprint density at radius 1 is 0.300 bits per heavy atom. The highest BCUT2D eigenvalue weighted by Gasteiger charge is 2.30. The maximum atomic E-state index is 13.0. The molecule has 0 saturated heterocycles. The van der Waals surface area contributed by atoms with Crippen molar-refractivity contribution in [3.05, 3.63) is 0 Å². The molecule has 0 aromatic heterocycles. The van der Waals surface area contributed by atoms with Crippen molar-refractivity contribution in [2.75, 3.05) is 39.6 Å². The normalized spacial score (nSPS) is 14.2. The van der Waals surface area contributed by atoms with E-state index in [9.17, 15) is 43.2 Å². The van der Waals surface area contributed by atoms with Gasteiger partial charge in [0.1, 0.15) is 19.3 Å². The van der Waals surface area contributed by atoms with Crippen LogP contribution >= 0.6 is 15.6 Å². The maximum Gasteiger partial charge on any atom is 0.472 e. The molecule has 0 fully saturated rings. The molecule has 534 valence electrons. The molecule has 2 unspecified atom stereocenters. The molecule has 0 bridgehead atoms. The van der Waals surface area contributed by atoms with E-state index >= 15 is 0 Å². The van der Waals surface area contributed by atoms with Crippen molar-refractivity contribution in [1.29, 1.82) is 0 Å². The van der Waals surface area contributed by atoms with E-state index in [1.807, 2.05) is 0 Å². The summed E-state index contributed by atoms with van der Waals surface area (Å²) in [5, 5.41) is 10.6. The monoisotopic (exact) mass is 1320 g/mol. The van der Waals surface area contributed by atoms with E-state index in [0.717, 1.165) is 120 Å². The molecule has 0 radical (unpaired) electrons. The van der Waals surface area contributed by atoms with E-state index in [1.165, 1.54) is 154 Å². The van der Waals surface area contributed by atoms with Crippen LogP contribution in [-0.4, -0.2) is 96.7 Å². The second-order valence-electron chi connectivity index (χ2n) is 27.1. The lowest BCUT2D eigenvalue weighted by molar-refractivity contribution is -0.161. The number of aliphatic hydroxyl groups is 1. The van der Waals surface area contributed by atoms with Crippen molar-refractivity contribution in [1.82, 2.24) is 0 Å². The van der Waals surface area contributed by atoms with Crippen molar-refractivity contribution >= 4 is 39.5 Å². The first-order valence-corrected chi connectivity index (χ1v) is 39.8. The van der Waals surface area contributed by atoms with Gasteiger partial charge in [-0.05, 0) is 43.4 Å². The molecule has 0 aliphatic rings. The Kier molecular flexibility index (Phi) is 60.6. The third-order valence-electron chi connectivity index (χ3n) is 16.4. The van der Waals surface area contributed by atoms with Gasteiger partial charge < -0.3 is 33.8 Å². The third-order valence-corrected chi connectivity index (χ3v) is 18.3. The zero-order chi connectivity index (χ0) is 66.6. The van der Waals surface area contributed by atoms with Gasteiger partial charge in [-0.3, -0.25) is 37.3 Å². The lowest BCUT2D eigenvalue weighted by atomic mass is 10.0. The number of aliphatic hydroxyl groups excluding tert-OH is 1. The molecule has 0 aliphatic carbocycles. The Bertz CT molecular complexity index is 1770. The summed E-state index contributed by atoms with van der Waals surface area (Å²) in [6.45, 7) is 11.8. The van der Waals surface area contributed by atoms with Crippen LogP contribution in [0.4, 0.5) is 0 Å². The standard InChI is InChI=1S/C71H138O17P2/c1-8-9-10-11-28-38-45-52-68(73)81-58-66(87-71(76)55-48-41-34-27-21-24-31-37-44-51-64(6)7)60-85-89(77,78)83-56-65(72)57-84-90(79,80)86-61-67(59-82-69(74)53-46-39-32-26-20-23-30-36-43-50-63(4)5)88-70(75)54-47-40-33-25-19-17-15-13-12-14-16-18-22-29-35-42-49-62(2)3/h62-67,72H,8-61H2,1-7H3,(H,77,78)(H,79,80)/t65-,66+,67+/m0/s1. The highest BCUT2D eigenvalue weighted by atomic mass is 31.2. The molecule has 0 aliphatic heterocycles. The zero-order valence-corrected chi connectivity index (χ0v) is 60.4. The van der Waals surface area contributed by atoms with E-state index in [1.54, 1.807) is 0 Å². The van der Waals surface area contributed by atoms with Crippen molar-refractivity contribution in [3.8, 4) is 0 Å². The average molecular weight is 1330 g/mol. The van der Waals surface area contributed by atoms with Gasteiger partial charge >= 0.3 is 39.5 Å². The minimum Gasteiger partial charge on any atom is -0.462 e. The Morgan fingerprint density at radius 2 is 0.511 bits per heavy atom. The molecule has 19 heteroatoms. The summed E-state index contributed by atoms with van der Waals surface area (Å²) < 4.78 is 68.2. The van der Waals surface area contributed by atoms with Crippen LogP contribution < -0.4 is 0 Å². The van der Waals surface area contributed by atoms with Crippen LogP contribution in [0.5, 0.6) is 0 Å². The number of phosphoric acid groups is 2. The summed E-state index contributed by atoms with van der Waals surface area (Å²) in [5.74, 6) is 0.160. The number of carbonyl (C=O) groups excluding carboxylic acids is 4. The van der Waals surface area contributed by atoms with Crippen LogP contribution in [0.15, 0.2) is 0 Å². The van der Waals surface area contributed by atoms with Crippen molar-refractivity contribution in [2.24, 2.45) is 17.8 Å². The maximum absolute atomic E-state index is 13.0. The van der Waals surface area contributed by atoms with Crippen LogP contribution in [0, 0.1) is 17.8 Å². The average Bonchev–Trinajstić information content (AvgIpc) is 3.67. The molecule has 5 atom stereocenters. The SMILES string of the molecule is CCCCCCCCCC(=O)OC[C@H](COP(=O)(O)OC[C@H](O)COP(=O)(O)OC[C@@H](COC(=O)CCCCCCCCCCCC(C)C)OC(=O)CCCCCCCCCCCCCCCCCCC(C)C)OC(=O)CCCCCCCCCCCC(C)C. The van der Waals surface area contributed by atoms with Gasteiger partial charge in [-0.25, -0.2) is 9.13 Å². The number of hydrogen-bond acceptors (Lipinski definition) is 15. The Labute approximate surface area is 549 Å². The number of unbranched alkanes of at least 4 members (excludes halogenated alkanes) is 37. The van der Waals surface area contributed by atoms with Gasteiger partial charge in [0.15, 0.2) is 12.2 Å². The molecule has 0 aromatic rings. The minimum absolute atomic E-state index is 0.105. The number of carbonyl (C=O) groups is 4. The molecule has 0 amide bonds. The smallest absolute Gasteiger partial charge is 0.462 e. The fraction of sp³-hybridized carbons (Fsp3) is 0.944. The molecule has 17 nitrogen and oxygen atoms in total. The second kappa shape index (κ2) is 61.9. The Balaban J connectivity index is 5.18. The van der Waals surface area contributed by atoms with Gasteiger partial charge in [-0.1, -0.05) is 305 Å². The number of hydrogen-bond donors (Lipinski definition) is 3. The third kappa shape index (κ3) is 64.8. The molecule has 0 saturated carbocycles. The predicted octanol–water partition coefficient (Wildman–Crippen LogP) is 20.2. The van der Waals surface area contributed by atoms with Gasteiger partial charge in [0, 0.05) is 25.7 Å². The summed E-state index contributed by atoms with van der Waals surface area (Å²) >= 11 is 0. The van der Waals surface area contributed by atoms with Gasteiger partial charge in [0.25, 0.3) is 0 Å². The lowest BCUT2D eigenvalue weighted by Gasteiger charge is -2.21. The number of ether oxygens (including phenoxy) is 4. The van der Waals surface area contributed by atoms with Gasteiger partial charge in [0.05, 0.1) is 26.4 Å². The first-order chi connectivity index (χ1) is 43.2.